The maximum Gasteiger partial charge on any atom is 0.263 e. The van der Waals surface area contributed by atoms with Crippen molar-refractivity contribution in [3.05, 3.63) is 71.0 Å². The number of anilines is 2. The van der Waals surface area contributed by atoms with E-state index in [1.807, 2.05) is 43.3 Å². The van der Waals surface area contributed by atoms with Crippen LogP contribution >= 0.6 is 0 Å². The van der Waals surface area contributed by atoms with Crippen molar-refractivity contribution in [2.45, 2.75) is 70.8 Å². The maximum atomic E-state index is 13.4. The molecule has 0 bridgehead atoms. The number of alkyl halides is 2. The summed E-state index contributed by atoms with van der Waals surface area (Å²) in [6, 6.07) is 14.6. The van der Waals surface area contributed by atoms with Crippen molar-refractivity contribution in [1.82, 2.24) is 24.4 Å². The first kappa shape index (κ1) is 30.2. The lowest BCUT2D eigenvalue weighted by Gasteiger charge is -2.48. The molecule has 2 aliphatic rings. The van der Waals surface area contributed by atoms with Gasteiger partial charge in [-0.2, -0.15) is 9.97 Å². The quantitative estimate of drug-likeness (QED) is 0.196. The Morgan fingerprint density at radius 3 is 2.27 bits per heavy atom. The summed E-state index contributed by atoms with van der Waals surface area (Å²) in [5.74, 6) is 8.53. The number of nitrogens with one attached hydrogen (secondary N) is 1. The molecule has 0 aliphatic carbocycles. The predicted octanol–water partition coefficient (Wildman–Crippen LogP) is 5.23. The highest BCUT2D eigenvalue weighted by atomic mass is 19.3. The van der Waals surface area contributed by atoms with Gasteiger partial charge in [0.05, 0.1) is 25.8 Å². The topological polar surface area (TPSA) is 107 Å². The average Bonchev–Trinajstić information content (AvgIpc) is 3.66. The number of ether oxygens (including phenoxy) is 2. The Morgan fingerprint density at radius 1 is 0.977 bits per heavy atom. The monoisotopic (exact) mass is 606 g/mol. The van der Waals surface area contributed by atoms with Crippen LogP contribution < -0.4 is 20.9 Å². The summed E-state index contributed by atoms with van der Waals surface area (Å²) < 4.78 is 40.2. The van der Waals surface area contributed by atoms with Crippen LogP contribution in [0.5, 0.6) is 5.75 Å². The molecule has 12 heteroatoms. The number of hydrogen-bond donors (Lipinski definition) is 2. The first-order chi connectivity index (χ1) is 21.3. The first-order valence-electron chi connectivity index (χ1n) is 15.1. The molecule has 4 atom stereocenters. The number of fused-ring (bicyclic) bond motifs is 1. The van der Waals surface area contributed by atoms with Crippen LogP contribution in [0.2, 0.25) is 0 Å². The molecule has 6 rings (SSSR count). The van der Waals surface area contributed by atoms with Gasteiger partial charge in [0.1, 0.15) is 11.6 Å². The number of imidazole rings is 1. The Balaban J connectivity index is 1.34. The van der Waals surface area contributed by atoms with E-state index in [1.165, 1.54) is 12.1 Å². The van der Waals surface area contributed by atoms with Crippen LogP contribution in [-0.4, -0.2) is 69.4 Å². The van der Waals surface area contributed by atoms with Gasteiger partial charge in [0.25, 0.3) is 6.43 Å². The molecule has 0 spiro atoms. The summed E-state index contributed by atoms with van der Waals surface area (Å²) in [6.07, 6.45) is -0.317. The second-order valence-electron chi connectivity index (χ2n) is 11.8. The van der Waals surface area contributed by atoms with Gasteiger partial charge in [-0.1, -0.05) is 36.4 Å². The van der Waals surface area contributed by atoms with E-state index in [0.29, 0.717) is 25.6 Å². The molecule has 2 fully saturated rings. The second-order valence-corrected chi connectivity index (χ2v) is 11.8. The number of nitrogen functional groups attached to an aromatic ring is 1. The van der Waals surface area contributed by atoms with E-state index in [1.54, 1.807) is 7.11 Å². The van der Waals surface area contributed by atoms with Gasteiger partial charge in [0.2, 0.25) is 5.95 Å². The Labute approximate surface area is 256 Å². The number of nitrogens with two attached hydrogens (primary N) is 1. The number of hydrogen-bond acceptors (Lipinski definition) is 9. The van der Waals surface area contributed by atoms with Crippen LogP contribution in [0.4, 0.5) is 20.5 Å². The Kier molecular flexibility index (Phi) is 8.66. The van der Waals surface area contributed by atoms with Crippen LogP contribution in [-0.2, 0) is 11.3 Å². The lowest BCUT2D eigenvalue weighted by Crippen LogP contribution is -2.57. The van der Waals surface area contributed by atoms with E-state index >= 15 is 0 Å². The smallest absolute Gasteiger partial charge is 0.263 e. The van der Waals surface area contributed by atoms with E-state index in [0.717, 1.165) is 59.1 Å². The zero-order chi connectivity index (χ0) is 31.0. The number of aromatic nitrogens is 4. The van der Waals surface area contributed by atoms with Gasteiger partial charge < -0.3 is 18.9 Å². The molecule has 4 aromatic rings. The number of halogens is 2. The van der Waals surface area contributed by atoms with Crippen molar-refractivity contribution in [3.63, 3.8) is 0 Å². The number of piperazine rings is 1. The molecule has 2 aliphatic heterocycles. The lowest BCUT2D eigenvalue weighted by molar-refractivity contribution is 0.0973. The summed E-state index contributed by atoms with van der Waals surface area (Å²) in [6.45, 7) is 9.15. The van der Waals surface area contributed by atoms with E-state index in [2.05, 4.69) is 33.6 Å². The maximum absolute atomic E-state index is 13.4. The highest BCUT2D eigenvalue weighted by Gasteiger charge is 2.37. The number of benzene rings is 2. The number of rotatable bonds is 9. The van der Waals surface area contributed by atoms with Gasteiger partial charge >= 0.3 is 0 Å². The van der Waals surface area contributed by atoms with Crippen LogP contribution in [0, 0.1) is 6.92 Å². The van der Waals surface area contributed by atoms with Gasteiger partial charge in [0.15, 0.2) is 17.0 Å². The van der Waals surface area contributed by atoms with Gasteiger partial charge in [-0.15, -0.1) is 0 Å². The van der Waals surface area contributed by atoms with E-state index in [9.17, 15) is 8.78 Å². The molecule has 10 nitrogen and oxygen atoms in total. The van der Waals surface area contributed by atoms with Gasteiger partial charge in [-0.05, 0) is 56.9 Å². The van der Waals surface area contributed by atoms with Crippen molar-refractivity contribution in [3.8, 4) is 5.75 Å². The minimum Gasteiger partial charge on any atom is -0.497 e. The van der Waals surface area contributed by atoms with Gasteiger partial charge in [0, 0.05) is 37.3 Å². The Bertz CT molecular complexity index is 1570. The summed E-state index contributed by atoms with van der Waals surface area (Å²) in [5, 5.41) is 0. The number of aryl methyl sites for hydroxylation is 1. The van der Waals surface area contributed by atoms with Gasteiger partial charge in [-0.25, -0.2) is 19.6 Å². The van der Waals surface area contributed by atoms with Crippen LogP contribution in [0.25, 0.3) is 11.2 Å². The van der Waals surface area contributed by atoms with Crippen molar-refractivity contribution < 1.29 is 18.3 Å². The summed E-state index contributed by atoms with van der Waals surface area (Å²) >= 11 is 0. The van der Waals surface area contributed by atoms with Crippen molar-refractivity contribution in [1.29, 1.82) is 0 Å². The first-order valence-corrected chi connectivity index (χ1v) is 15.1. The third-order valence-electron chi connectivity index (χ3n) is 8.88. The average molecular weight is 607 g/mol. The molecule has 0 saturated carbocycles. The molecular formula is C32H40F2N8O2. The zero-order valence-corrected chi connectivity index (χ0v) is 25.6. The molecule has 234 valence electrons. The number of nitrogens with zero attached hydrogens (tertiary/aromatic N) is 6. The molecule has 2 aromatic heterocycles. The molecule has 2 aromatic carbocycles. The normalized spacial score (nSPS) is 21.7. The highest BCUT2D eigenvalue weighted by molar-refractivity contribution is 5.85. The Hall–Kier alpha value is -3.87. The molecule has 44 heavy (non-hydrogen) atoms. The summed E-state index contributed by atoms with van der Waals surface area (Å²) in [4.78, 5) is 19.2. The van der Waals surface area contributed by atoms with E-state index in [-0.39, 0.29) is 29.8 Å². The second kappa shape index (κ2) is 12.6. The molecule has 0 radical (unpaired) electrons. The third-order valence-corrected chi connectivity index (χ3v) is 8.88. The van der Waals surface area contributed by atoms with Crippen molar-refractivity contribution >= 4 is 22.9 Å². The molecule has 4 heterocycles. The summed E-state index contributed by atoms with van der Waals surface area (Å²) in [7, 11) is 1.64. The fraction of sp³-hybridized carbons (Fsp3) is 0.469. The number of hydrazine groups is 1. The molecule has 3 N–H and O–H groups in total. The molecule has 2 unspecified atom stereocenters. The lowest BCUT2D eigenvalue weighted by atomic mass is 9.93. The largest absolute Gasteiger partial charge is 0.497 e. The zero-order valence-electron chi connectivity index (χ0n) is 25.6. The van der Waals surface area contributed by atoms with Crippen LogP contribution in [0.15, 0.2) is 48.5 Å². The van der Waals surface area contributed by atoms with E-state index in [4.69, 9.17) is 30.3 Å². The minimum absolute atomic E-state index is 0.0137. The van der Waals surface area contributed by atoms with E-state index < -0.39 is 6.43 Å². The molecule has 2 saturated heterocycles. The number of methoxy groups -OCH3 is 1. The standard InChI is InChI=1S/C32H40F2N8O2/c1-19-17-41(30-27-31(38-32(37-30)39-35)42(21(3)36-27)18-26-6-5-15-44-26)20(2)16-40(19)28(23-11-13-25(43-4)14-12-23)22-7-9-24(10-8-22)29(33)34/h7-14,19-20,26,28-29H,5-6,15-18,35H2,1-4H3,(H,37,38,39)/t19-,20+,26?,28?/m1/s1. The van der Waals surface area contributed by atoms with Crippen molar-refractivity contribution in [2.24, 2.45) is 5.84 Å². The molecular weight excluding hydrogens is 566 g/mol. The summed E-state index contributed by atoms with van der Waals surface area (Å²) in [5.41, 5.74) is 6.15. The van der Waals surface area contributed by atoms with Crippen LogP contribution in [0.1, 0.15) is 61.7 Å². The predicted molar refractivity (Wildman–Crippen MR) is 166 cm³/mol. The SMILES string of the molecule is COc1ccc(C(c2ccc(C(F)F)cc2)N2C[C@H](C)N(c3nc(NN)nc4c3nc(C)n4CC3CCCO3)C[C@H]2C)cc1. The minimum atomic E-state index is -2.51. The fourth-order valence-corrected chi connectivity index (χ4v) is 6.56. The Morgan fingerprint density at radius 2 is 1.66 bits per heavy atom. The molecule has 0 amide bonds. The van der Waals surface area contributed by atoms with Gasteiger partial charge in [-0.3, -0.25) is 10.3 Å². The van der Waals surface area contributed by atoms with Crippen molar-refractivity contribution in [2.75, 3.05) is 37.1 Å². The third kappa shape index (κ3) is 5.81. The highest BCUT2D eigenvalue weighted by Crippen LogP contribution is 2.37. The fourth-order valence-electron chi connectivity index (χ4n) is 6.56. The van der Waals surface area contributed by atoms with Crippen LogP contribution in [0.3, 0.4) is 0 Å².